The lowest BCUT2D eigenvalue weighted by Gasteiger charge is -2.23. The van der Waals surface area contributed by atoms with Crippen LogP contribution in [0.4, 0.5) is 10.1 Å². The number of hydrogen-bond acceptors (Lipinski definition) is 5. The van der Waals surface area contributed by atoms with Crippen LogP contribution in [0.25, 0.3) is 0 Å². The lowest BCUT2D eigenvalue weighted by Crippen LogP contribution is -2.33. The number of ether oxygens (including phenoxy) is 1. The molecular formula is C19H16FNO4S. The molecule has 0 saturated heterocycles. The number of para-hydroxylation sites is 1. The lowest BCUT2D eigenvalue weighted by atomic mass is 10.1. The molecule has 3 rings (SSSR count). The summed E-state index contributed by atoms with van der Waals surface area (Å²) in [6.07, 6.45) is -1.16. The van der Waals surface area contributed by atoms with E-state index in [0.717, 1.165) is 4.90 Å². The summed E-state index contributed by atoms with van der Waals surface area (Å²) in [4.78, 5) is 37.4. The maximum Gasteiger partial charge on any atom is 0.308 e. The third kappa shape index (κ3) is 4.11. The molecule has 0 saturated carbocycles. The van der Waals surface area contributed by atoms with E-state index in [0.29, 0.717) is 5.69 Å². The zero-order valence-corrected chi connectivity index (χ0v) is 14.7. The molecule has 1 heterocycles. The van der Waals surface area contributed by atoms with Gasteiger partial charge in [-0.3, -0.25) is 14.4 Å². The number of carbonyl (C=O) groups is 3. The van der Waals surface area contributed by atoms with Crippen LogP contribution in [0.1, 0.15) is 23.7 Å². The van der Waals surface area contributed by atoms with Crippen LogP contribution in [0, 0.1) is 5.82 Å². The number of Topliss-reactive ketones (excluding diaryl/α,β-unsaturated/α-hetero) is 1. The standard InChI is InChI=1S/C19H16FNO4S/c1-11(18(23)12-6-8-13(20)9-7-12)25-17(22)10-16-19(24)21-14-4-2-3-5-15(14)26-16/h2-9,11,16H,10H2,1H3,(H,21,24)/t11-,16-/m0/s1. The van der Waals surface area contributed by atoms with Crippen molar-refractivity contribution in [3.63, 3.8) is 0 Å². The van der Waals surface area contributed by atoms with E-state index in [-0.39, 0.29) is 17.9 Å². The third-order valence-electron chi connectivity index (χ3n) is 3.86. The Kier molecular flexibility index (Phi) is 5.37. The first-order valence-electron chi connectivity index (χ1n) is 8.00. The summed E-state index contributed by atoms with van der Waals surface area (Å²) >= 11 is 1.29. The summed E-state index contributed by atoms with van der Waals surface area (Å²) in [5, 5.41) is 2.13. The normalized spacial score (nSPS) is 17.0. The quantitative estimate of drug-likeness (QED) is 0.642. The minimum Gasteiger partial charge on any atom is -0.454 e. The molecule has 0 aliphatic carbocycles. The highest BCUT2D eigenvalue weighted by molar-refractivity contribution is 8.01. The Balaban J connectivity index is 1.59. The van der Waals surface area contributed by atoms with Gasteiger partial charge >= 0.3 is 5.97 Å². The van der Waals surface area contributed by atoms with Gasteiger partial charge in [-0.05, 0) is 43.3 Å². The van der Waals surface area contributed by atoms with Gasteiger partial charge in [-0.2, -0.15) is 0 Å². The average molecular weight is 373 g/mol. The second-order valence-electron chi connectivity index (χ2n) is 5.80. The molecule has 134 valence electrons. The van der Waals surface area contributed by atoms with Crippen molar-refractivity contribution >= 4 is 35.1 Å². The topological polar surface area (TPSA) is 72.5 Å². The number of esters is 1. The lowest BCUT2D eigenvalue weighted by molar-refractivity contribution is -0.147. The highest BCUT2D eigenvalue weighted by Crippen LogP contribution is 2.36. The Bertz CT molecular complexity index is 853. The molecule has 1 aliphatic rings. The van der Waals surface area contributed by atoms with Crippen molar-refractivity contribution in [2.75, 3.05) is 5.32 Å². The van der Waals surface area contributed by atoms with Crippen LogP contribution in [-0.4, -0.2) is 29.0 Å². The van der Waals surface area contributed by atoms with Gasteiger partial charge in [0.15, 0.2) is 6.10 Å². The van der Waals surface area contributed by atoms with E-state index in [9.17, 15) is 18.8 Å². The number of carbonyl (C=O) groups excluding carboxylic acids is 3. The number of rotatable bonds is 5. The van der Waals surface area contributed by atoms with Crippen molar-refractivity contribution in [3.05, 3.63) is 59.9 Å². The second kappa shape index (κ2) is 7.70. The van der Waals surface area contributed by atoms with Gasteiger partial charge in [0.25, 0.3) is 0 Å². The van der Waals surface area contributed by atoms with Crippen molar-refractivity contribution in [1.29, 1.82) is 0 Å². The zero-order valence-electron chi connectivity index (χ0n) is 13.9. The Morgan fingerprint density at radius 1 is 1.19 bits per heavy atom. The number of fused-ring (bicyclic) bond motifs is 1. The molecule has 2 atom stereocenters. The van der Waals surface area contributed by atoms with Crippen molar-refractivity contribution in [2.45, 2.75) is 29.6 Å². The van der Waals surface area contributed by atoms with Gasteiger partial charge in [-0.1, -0.05) is 12.1 Å². The molecule has 1 amide bonds. The van der Waals surface area contributed by atoms with E-state index in [4.69, 9.17) is 4.74 Å². The van der Waals surface area contributed by atoms with E-state index in [1.807, 2.05) is 18.2 Å². The third-order valence-corrected chi connectivity index (χ3v) is 5.14. The number of ketones is 1. The van der Waals surface area contributed by atoms with Crippen LogP contribution < -0.4 is 5.32 Å². The maximum absolute atomic E-state index is 12.9. The molecule has 0 bridgehead atoms. The largest absolute Gasteiger partial charge is 0.454 e. The molecule has 7 heteroatoms. The number of thioether (sulfide) groups is 1. The first-order valence-corrected chi connectivity index (χ1v) is 8.88. The zero-order chi connectivity index (χ0) is 18.7. The van der Waals surface area contributed by atoms with Crippen molar-refractivity contribution in [1.82, 2.24) is 0 Å². The summed E-state index contributed by atoms with van der Waals surface area (Å²) in [7, 11) is 0. The van der Waals surface area contributed by atoms with Crippen LogP contribution >= 0.6 is 11.8 Å². The maximum atomic E-state index is 12.9. The number of benzene rings is 2. The second-order valence-corrected chi connectivity index (χ2v) is 7.04. The minimum atomic E-state index is -1.02. The Morgan fingerprint density at radius 2 is 1.88 bits per heavy atom. The smallest absolute Gasteiger partial charge is 0.308 e. The van der Waals surface area contributed by atoms with E-state index in [2.05, 4.69) is 5.32 Å². The van der Waals surface area contributed by atoms with Gasteiger partial charge in [-0.15, -0.1) is 11.8 Å². The molecule has 0 aromatic heterocycles. The highest BCUT2D eigenvalue weighted by atomic mass is 32.2. The monoisotopic (exact) mass is 373 g/mol. The predicted octanol–water partition coefficient (Wildman–Crippen LogP) is 3.44. The number of nitrogens with one attached hydrogen (secondary N) is 1. The SMILES string of the molecule is C[C@H](OC(=O)C[C@@H]1Sc2ccccc2NC1=O)C(=O)c1ccc(F)cc1. The van der Waals surface area contributed by atoms with Crippen LogP contribution in [0.15, 0.2) is 53.4 Å². The van der Waals surface area contributed by atoms with Gasteiger partial charge in [0.2, 0.25) is 11.7 Å². The number of halogens is 1. The molecule has 26 heavy (non-hydrogen) atoms. The van der Waals surface area contributed by atoms with Crippen LogP contribution in [-0.2, 0) is 14.3 Å². The Hall–Kier alpha value is -2.67. The first kappa shape index (κ1) is 18.1. The Morgan fingerprint density at radius 3 is 2.62 bits per heavy atom. The van der Waals surface area contributed by atoms with E-state index < -0.39 is 28.9 Å². The highest BCUT2D eigenvalue weighted by Gasteiger charge is 2.30. The molecule has 0 radical (unpaired) electrons. The van der Waals surface area contributed by atoms with E-state index in [1.54, 1.807) is 6.07 Å². The van der Waals surface area contributed by atoms with Gasteiger partial charge in [0.1, 0.15) is 5.82 Å². The van der Waals surface area contributed by atoms with Gasteiger partial charge in [0.05, 0.1) is 17.4 Å². The summed E-state index contributed by atoms with van der Waals surface area (Å²) in [5.74, 6) is -1.79. The fraction of sp³-hybridized carbons (Fsp3) is 0.211. The number of anilines is 1. The molecule has 0 unspecified atom stereocenters. The molecule has 1 aliphatic heterocycles. The van der Waals surface area contributed by atoms with Crippen LogP contribution in [0.5, 0.6) is 0 Å². The molecule has 0 fully saturated rings. The molecule has 1 N–H and O–H groups in total. The number of amides is 1. The minimum absolute atomic E-state index is 0.147. The van der Waals surface area contributed by atoms with Gasteiger partial charge in [-0.25, -0.2) is 4.39 Å². The fourth-order valence-corrected chi connectivity index (χ4v) is 3.62. The summed E-state index contributed by atoms with van der Waals surface area (Å²) in [5.41, 5.74) is 0.970. The van der Waals surface area contributed by atoms with Gasteiger partial charge < -0.3 is 10.1 Å². The summed E-state index contributed by atoms with van der Waals surface area (Å²) in [6.45, 7) is 1.45. The van der Waals surface area contributed by atoms with Crippen LogP contribution in [0.3, 0.4) is 0 Å². The van der Waals surface area contributed by atoms with Crippen molar-refractivity contribution in [2.24, 2.45) is 0 Å². The van der Waals surface area contributed by atoms with Crippen molar-refractivity contribution in [3.8, 4) is 0 Å². The predicted molar refractivity (Wildman–Crippen MR) is 95.6 cm³/mol. The van der Waals surface area contributed by atoms with E-state index in [1.165, 1.54) is 43.0 Å². The molecule has 0 spiro atoms. The summed E-state index contributed by atoms with van der Waals surface area (Å²) in [6, 6.07) is 12.3. The van der Waals surface area contributed by atoms with Crippen molar-refractivity contribution < 1.29 is 23.5 Å². The molecule has 2 aromatic carbocycles. The average Bonchev–Trinajstić information content (AvgIpc) is 2.62. The first-order chi connectivity index (χ1) is 12.4. The summed E-state index contributed by atoms with van der Waals surface area (Å²) < 4.78 is 18.1. The van der Waals surface area contributed by atoms with Gasteiger partial charge in [0, 0.05) is 10.5 Å². The molecule has 2 aromatic rings. The molecular weight excluding hydrogens is 357 g/mol. The van der Waals surface area contributed by atoms with E-state index >= 15 is 0 Å². The number of hydrogen-bond donors (Lipinski definition) is 1. The molecule has 5 nitrogen and oxygen atoms in total. The fourth-order valence-electron chi connectivity index (χ4n) is 2.53. The Labute approximate surface area is 153 Å². The van der Waals surface area contributed by atoms with Crippen LogP contribution in [0.2, 0.25) is 0 Å².